The van der Waals surface area contributed by atoms with Gasteiger partial charge in [0, 0.05) is 18.1 Å². The zero-order valence-electron chi connectivity index (χ0n) is 14.9. The molecule has 0 radical (unpaired) electrons. The van der Waals surface area contributed by atoms with Crippen LogP contribution in [0.1, 0.15) is 12.8 Å². The molecule has 28 heavy (non-hydrogen) atoms. The van der Waals surface area contributed by atoms with Crippen molar-refractivity contribution in [2.45, 2.75) is 17.7 Å². The highest BCUT2D eigenvalue weighted by molar-refractivity contribution is 7.89. The van der Waals surface area contributed by atoms with Crippen molar-refractivity contribution in [2.24, 2.45) is 5.92 Å². The molecular formula is C19H19ClN4O3S. The van der Waals surface area contributed by atoms with Crippen molar-refractivity contribution in [3.63, 3.8) is 0 Å². The van der Waals surface area contributed by atoms with Crippen molar-refractivity contribution in [3.05, 3.63) is 53.6 Å². The van der Waals surface area contributed by atoms with Gasteiger partial charge in [0.05, 0.1) is 21.8 Å². The third-order valence-corrected chi connectivity index (χ3v) is 6.97. The molecule has 1 unspecified atom stereocenters. The van der Waals surface area contributed by atoms with E-state index in [4.69, 9.17) is 11.6 Å². The van der Waals surface area contributed by atoms with Gasteiger partial charge >= 0.3 is 0 Å². The van der Waals surface area contributed by atoms with E-state index in [1.165, 1.54) is 16.4 Å². The molecule has 2 N–H and O–H groups in total. The molecule has 9 heteroatoms. The van der Waals surface area contributed by atoms with Gasteiger partial charge in [-0.1, -0.05) is 23.7 Å². The summed E-state index contributed by atoms with van der Waals surface area (Å²) in [5, 5.41) is 3.25. The van der Waals surface area contributed by atoms with Crippen LogP contribution in [0.25, 0.3) is 11.0 Å². The van der Waals surface area contributed by atoms with Crippen LogP contribution in [0.3, 0.4) is 0 Å². The Labute approximate surface area is 167 Å². The van der Waals surface area contributed by atoms with Gasteiger partial charge in [0.25, 0.3) is 0 Å². The van der Waals surface area contributed by atoms with Crippen molar-refractivity contribution < 1.29 is 13.2 Å². The van der Waals surface area contributed by atoms with Crippen LogP contribution in [0.4, 0.5) is 5.95 Å². The number of imidazole rings is 1. The third kappa shape index (κ3) is 3.76. The second-order valence-corrected chi connectivity index (χ2v) is 9.12. The Balaban J connectivity index is 1.48. The largest absolute Gasteiger partial charge is 0.324 e. The Morgan fingerprint density at radius 1 is 1.18 bits per heavy atom. The summed E-state index contributed by atoms with van der Waals surface area (Å²) in [5.41, 5.74) is 1.58. The number of sulfonamides is 1. The van der Waals surface area contributed by atoms with Gasteiger partial charge in [0.15, 0.2) is 0 Å². The Kier molecular flexibility index (Phi) is 5.09. The molecule has 7 nitrogen and oxygen atoms in total. The number of anilines is 1. The first-order valence-electron chi connectivity index (χ1n) is 8.95. The number of para-hydroxylation sites is 2. The fraction of sp³-hybridized carbons (Fsp3) is 0.263. The van der Waals surface area contributed by atoms with Gasteiger partial charge in [-0.05, 0) is 49.2 Å². The maximum Gasteiger partial charge on any atom is 0.243 e. The lowest BCUT2D eigenvalue weighted by atomic mass is 9.99. The van der Waals surface area contributed by atoms with Crippen molar-refractivity contribution in [1.29, 1.82) is 0 Å². The van der Waals surface area contributed by atoms with E-state index in [1.54, 1.807) is 12.1 Å². The van der Waals surface area contributed by atoms with E-state index in [0.717, 1.165) is 11.0 Å². The van der Waals surface area contributed by atoms with Crippen LogP contribution in [-0.2, 0) is 14.8 Å². The van der Waals surface area contributed by atoms with E-state index in [9.17, 15) is 13.2 Å². The zero-order valence-corrected chi connectivity index (χ0v) is 16.5. The number of hydrogen-bond donors (Lipinski definition) is 2. The lowest BCUT2D eigenvalue weighted by Crippen LogP contribution is -2.43. The van der Waals surface area contributed by atoms with Gasteiger partial charge in [-0.2, -0.15) is 4.31 Å². The first-order chi connectivity index (χ1) is 13.4. The average Bonchev–Trinajstić information content (AvgIpc) is 3.10. The highest BCUT2D eigenvalue weighted by Gasteiger charge is 2.33. The molecule has 0 spiro atoms. The lowest BCUT2D eigenvalue weighted by molar-refractivity contribution is -0.120. The summed E-state index contributed by atoms with van der Waals surface area (Å²) >= 11 is 5.85. The number of hydrogen-bond acceptors (Lipinski definition) is 4. The van der Waals surface area contributed by atoms with Gasteiger partial charge in [0.1, 0.15) is 0 Å². The van der Waals surface area contributed by atoms with Crippen LogP contribution >= 0.6 is 11.6 Å². The Bertz CT molecular complexity index is 1080. The van der Waals surface area contributed by atoms with Crippen molar-refractivity contribution >= 4 is 44.5 Å². The summed E-state index contributed by atoms with van der Waals surface area (Å²) < 4.78 is 27.1. The Hall–Kier alpha value is -2.42. The molecule has 1 aliphatic rings. The summed E-state index contributed by atoms with van der Waals surface area (Å²) in [6, 6.07) is 13.5. The normalized spacial score (nSPS) is 18.2. The summed E-state index contributed by atoms with van der Waals surface area (Å²) in [6.45, 7) is 0.524. The average molecular weight is 419 g/mol. The number of carbonyl (C=O) groups excluding carboxylic acids is 1. The Morgan fingerprint density at radius 2 is 1.93 bits per heavy atom. The molecule has 2 aromatic carbocycles. The maximum atomic E-state index is 12.9. The lowest BCUT2D eigenvalue weighted by Gasteiger charge is -2.31. The molecule has 146 valence electrons. The predicted octanol–water partition coefficient (Wildman–Crippen LogP) is 3.26. The number of fused-ring (bicyclic) bond motifs is 1. The van der Waals surface area contributed by atoms with Gasteiger partial charge < -0.3 is 4.98 Å². The molecule has 0 saturated carbocycles. The van der Waals surface area contributed by atoms with Crippen LogP contribution in [0.5, 0.6) is 0 Å². The number of nitrogens with zero attached hydrogens (tertiary/aromatic N) is 2. The van der Waals surface area contributed by atoms with E-state index in [-0.39, 0.29) is 17.3 Å². The Morgan fingerprint density at radius 3 is 2.68 bits per heavy atom. The van der Waals surface area contributed by atoms with Crippen LogP contribution in [-0.4, -0.2) is 41.7 Å². The minimum Gasteiger partial charge on any atom is -0.324 e. The monoisotopic (exact) mass is 418 g/mol. The van der Waals surface area contributed by atoms with Crippen LogP contribution in [0.15, 0.2) is 53.4 Å². The number of halogens is 1. The number of amides is 1. The molecule has 3 aromatic rings. The molecule has 1 saturated heterocycles. The molecule has 4 rings (SSSR count). The molecular weight excluding hydrogens is 400 g/mol. The molecule has 2 heterocycles. The zero-order chi connectivity index (χ0) is 19.7. The maximum absolute atomic E-state index is 12.9. The molecule has 1 fully saturated rings. The third-order valence-electron chi connectivity index (χ3n) is 4.84. The van der Waals surface area contributed by atoms with E-state index in [0.29, 0.717) is 30.4 Å². The van der Waals surface area contributed by atoms with E-state index >= 15 is 0 Å². The highest BCUT2D eigenvalue weighted by atomic mass is 35.5. The SMILES string of the molecule is O=C(Nc1nc2ccccc2[nH]1)C1CCCN(S(=O)(=O)c2ccc(Cl)cc2)C1. The number of H-pyrrole nitrogens is 1. The smallest absolute Gasteiger partial charge is 0.243 e. The number of rotatable bonds is 4. The number of aromatic nitrogens is 2. The molecule has 1 aliphatic heterocycles. The topological polar surface area (TPSA) is 95.2 Å². The first-order valence-corrected chi connectivity index (χ1v) is 10.8. The first kappa shape index (κ1) is 18.9. The summed E-state index contributed by atoms with van der Waals surface area (Å²) in [5.74, 6) is -0.317. The number of piperidine rings is 1. The highest BCUT2D eigenvalue weighted by Crippen LogP contribution is 2.25. The fourth-order valence-corrected chi connectivity index (χ4v) is 5.01. The standard InChI is InChI=1S/C19H19ClN4O3S/c20-14-7-9-15(10-8-14)28(26,27)24-11-3-4-13(12-24)18(25)23-19-21-16-5-1-2-6-17(16)22-19/h1-2,5-10,13H,3-4,11-12H2,(H2,21,22,23,25). The summed E-state index contributed by atoms with van der Waals surface area (Å²) in [4.78, 5) is 20.3. The van der Waals surface area contributed by atoms with E-state index in [1.807, 2.05) is 24.3 Å². The number of benzene rings is 2. The van der Waals surface area contributed by atoms with E-state index in [2.05, 4.69) is 15.3 Å². The van der Waals surface area contributed by atoms with Gasteiger partial charge in [-0.15, -0.1) is 0 Å². The fourth-order valence-electron chi connectivity index (χ4n) is 3.36. The quantitative estimate of drug-likeness (QED) is 0.679. The van der Waals surface area contributed by atoms with Crippen LogP contribution < -0.4 is 5.32 Å². The second kappa shape index (κ2) is 7.54. The molecule has 0 aliphatic carbocycles. The summed E-state index contributed by atoms with van der Waals surface area (Å²) in [6.07, 6.45) is 1.24. The molecule has 1 atom stereocenters. The van der Waals surface area contributed by atoms with Gasteiger partial charge in [-0.3, -0.25) is 10.1 Å². The minimum absolute atomic E-state index is 0.136. The second-order valence-electron chi connectivity index (χ2n) is 6.75. The molecule has 1 amide bonds. The number of aromatic amines is 1. The van der Waals surface area contributed by atoms with Crippen molar-refractivity contribution in [2.75, 3.05) is 18.4 Å². The van der Waals surface area contributed by atoms with Crippen LogP contribution in [0.2, 0.25) is 5.02 Å². The van der Waals surface area contributed by atoms with Crippen molar-refractivity contribution in [1.82, 2.24) is 14.3 Å². The predicted molar refractivity (Wildman–Crippen MR) is 108 cm³/mol. The van der Waals surface area contributed by atoms with Gasteiger partial charge in [-0.25, -0.2) is 13.4 Å². The van der Waals surface area contributed by atoms with Crippen molar-refractivity contribution in [3.8, 4) is 0 Å². The minimum atomic E-state index is -3.67. The molecule has 0 bridgehead atoms. The summed E-state index contributed by atoms with van der Waals surface area (Å²) in [7, 11) is -3.67. The van der Waals surface area contributed by atoms with E-state index < -0.39 is 15.9 Å². The number of carbonyl (C=O) groups is 1. The molecule has 1 aromatic heterocycles. The number of nitrogens with one attached hydrogen (secondary N) is 2. The van der Waals surface area contributed by atoms with Crippen LogP contribution in [0, 0.1) is 5.92 Å². The van der Waals surface area contributed by atoms with Gasteiger partial charge in [0.2, 0.25) is 21.9 Å².